The van der Waals surface area contributed by atoms with E-state index in [9.17, 15) is 10.1 Å². The summed E-state index contributed by atoms with van der Waals surface area (Å²) in [6.45, 7) is 5.63. The standard InChI is InChI=1S/C15H19N3O3/c1-11(2)17-7-3-9-21-15-5-4-14(18(19)20)13-10-16-8-6-12(13)15/h4-6,8,10-11,17H,3,7,9H2,1-2H3. The third-order valence-corrected chi connectivity index (χ3v) is 3.08. The molecule has 6 nitrogen and oxygen atoms in total. The quantitative estimate of drug-likeness (QED) is 0.482. The molecule has 0 bridgehead atoms. The van der Waals surface area contributed by atoms with Gasteiger partial charge in [0.2, 0.25) is 0 Å². The number of nitro benzene ring substituents is 1. The predicted molar refractivity (Wildman–Crippen MR) is 81.6 cm³/mol. The van der Waals surface area contributed by atoms with E-state index in [0.717, 1.165) is 18.4 Å². The Balaban J connectivity index is 2.11. The predicted octanol–water partition coefficient (Wildman–Crippen LogP) is 2.91. The molecule has 0 saturated heterocycles. The van der Waals surface area contributed by atoms with Gasteiger partial charge in [-0.25, -0.2) is 0 Å². The van der Waals surface area contributed by atoms with Crippen molar-refractivity contribution in [1.82, 2.24) is 10.3 Å². The second-order valence-electron chi connectivity index (χ2n) is 5.07. The van der Waals surface area contributed by atoms with Crippen molar-refractivity contribution in [1.29, 1.82) is 0 Å². The average molecular weight is 289 g/mol. The van der Waals surface area contributed by atoms with Crippen LogP contribution in [-0.2, 0) is 0 Å². The van der Waals surface area contributed by atoms with Crippen LogP contribution in [0.2, 0.25) is 0 Å². The first kappa shape index (κ1) is 15.2. The highest BCUT2D eigenvalue weighted by molar-refractivity contribution is 5.94. The van der Waals surface area contributed by atoms with Crippen LogP contribution in [0.25, 0.3) is 10.8 Å². The number of benzene rings is 1. The van der Waals surface area contributed by atoms with Crippen molar-refractivity contribution in [3.05, 3.63) is 40.7 Å². The zero-order valence-corrected chi connectivity index (χ0v) is 12.2. The van der Waals surface area contributed by atoms with Gasteiger partial charge in [-0.05, 0) is 25.1 Å². The lowest BCUT2D eigenvalue weighted by atomic mass is 10.1. The van der Waals surface area contributed by atoms with E-state index in [1.165, 1.54) is 12.3 Å². The Labute approximate surface area is 123 Å². The molecular formula is C15H19N3O3. The monoisotopic (exact) mass is 289 g/mol. The molecule has 0 radical (unpaired) electrons. The molecule has 2 aromatic rings. The van der Waals surface area contributed by atoms with Crippen LogP contribution in [0.4, 0.5) is 5.69 Å². The Morgan fingerprint density at radius 3 is 2.86 bits per heavy atom. The van der Waals surface area contributed by atoms with E-state index in [2.05, 4.69) is 24.1 Å². The molecule has 112 valence electrons. The van der Waals surface area contributed by atoms with Crippen LogP contribution in [0.1, 0.15) is 20.3 Å². The largest absolute Gasteiger partial charge is 0.493 e. The van der Waals surface area contributed by atoms with Gasteiger partial charge in [0.25, 0.3) is 5.69 Å². The number of hydrogen-bond acceptors (Lipinski definition) is 5. The molecule has 21 heavy (non-hydrogen) atoms. The second-order valence-corrected chi connectivity index (χ2v) is 5.07. The number of fused-ring (bicyclic) bond motifs is 1. The Bertz CT molecular complexity index is 629. The van der Waals surface area contributed by atoms with Gasteiger partial charge in [-0.1, -0.05) is 13.8 Å². The summed E-state index contributed by atoms with van der Waals surface area (Å²) in [6.07, 6.45) is 3.99. The lowest BCUT2D eigenvalue weighted by Crippen LogP contribution is -2.24. The van der Waals surface area contributed by atoms with Crippen LogP contribution in [0, 0.1) is 10.1 Å². The Morgan fingerprint density at radius 1 is 1.33 bits per heavy atom. The maximum atomic E-state index is 11.0. The van der Waals surface area contributed by atoms with Gasteiger partial charge in [-0.2, -0.15) is 0 Å². The van der Waals surface area contributed by atoms with Crippen molar-refractivity contribution >= 4 is 16.5 Å². The number of non-ortho nitro benzene ring substituents is 1. The van der Waals surface area contributed by atoms with Crippen LogP contribution in [-0.4, -0.2) is 29.1 Å². The van der Waals surface area contributed by atoms with Crippen molar-refractivity contribution in [2.75, 3.05) is 13.2 Å². The molecular weight excluding hydrogens is 270 g/mol. The second kappa shape index (κ2) is 6.99. The van der Waals surface area contributed by atoms with Gasteiger partial charge in [0.1, 0.15) is 5.75 Å². The minimum Gasteiger partial charge on any atom is -0.493 e. The minimum absolute atomic E-state index is 0.0481. The molecule has 0 aliphatic rings. The molecule has 1 heterocycles. The van der Waals surface area contributed by atoms with Gasteiger partial charge in [0, 0.05) is 29.9 Å². The number of nitrogens with zero attached hydrogens (tertiary/aromatic N) is 2. The molecule has 0 aliphatic heterocycles. The lowest BCUT2D eigenvalue weighted by molar-refractivity contribution is -0.383. The first-order valence-electron chi connectivity index (χ1n) is 6.97. The Hall–Kier alpha value is -2.21. The fourth-order valence-corrected chi connectivity index (χ4v) is 2.08. The van der Waals surface area contributed by atoms with E-state index in [-0.39, 0.29) is 5.69 Å². The summed E-state index contributed by atoms with van der Waals surface area (Å²) in [5.41, 5.74) is 0.0481. The summed E-state index contributed by atoms with van der Waals surface area (Å²) in [5.74, 6) is 0.655. The van der Waals surface area contributed by atoms with Crippen molar-refractivity contribution < 1.29 is 9.66 Å². The number of aromatic nitrogens is 1. The Morgan fingerprint density at radius 2 is 2.14 bits per heavy atom. The van der Waals surface area contributed by atoms with E-state index in [4.69, 9.17) is 4.74 Å². The molecule has 1 aromatic carbocycles. The van der Waals surface area contributed by atoms with E-state index < -0.39 is 4.92 Å². The first-order chi connectivity index (χ1) is 10.1. The zero-order chi connectivity index (χ0) is 15.2. The van der Waals surface area contributed by atoms with Gasteiger partial charge >= 0.3 is 0 Å². The zero-order valence-electron chi connectivity index (χ0n) is 12.2. The lowest BCUT2D eigenvalue weighted by Gasteiger charge is -2.11. The number of nitro groups is 1. The van der Waals surface area contributed by atoms with Crippen LogP contribution >= 0.6 is 0 Å². The van der Waals surface area contributed by atoms with Crippen molar-refractivity contribution in [3.8, 4) is 5.75 Å². The number of hydrogen-bond donors (Lipinski definition) is 1. The molecule has 0 atom stereocenters. The molecule has 0 spiro atoms. The fourth-order valence-electron chi connectivity index (χ4n) is 2.08. The van der Waals surface area contributed by atoms with Crippen molar-refractivity contribution in [2.45, 2.75) is 26.3 Å². The highest BCUT2D eigenvalue weighted by atomic mass is 16.6. The number of rotatable bonds is 7. The van der Waals surface area contributed by atoms with E-state index in [1.54, 1.807) is 18.3 Å². The maximum Gasteiger partial charge on any atom is 0.279 e. The van der Waals surface area contributed by atoms with Crippen molar-refractivity contribution in [3.63, 3.8) is 0 Å². The first-order valence-corrected chi connectivity index (χ1v) is 6.97. The van der Waals surface area contributed by atoms with E-state index in [0.29, 0.717) is 23.8 Å². The van der Waals surface area contributed by atoms with Gasteiger partial charge in [-0.15, -0.1) is 0 Å². The van der Waals surface area contributed by atoms with E-state index in [1.807, 2.05) is 0 Å². The van der Waals surface area contributed by atoms with Crippen LogP contribution in [0.15, 0.2) is 30.6 Å². The highest BCUT2D eigenvalue weighted by Gasteiger charge is 2.14. The van der Waals surface area contributed by atoms with Gasteiger partial charge in [0.15, 0.2) is 0 Å². The number of pyridine rings is 1. The third-order valence-electron chi connectivity index (χ3n) is 3.08. The molecule has 0 unspecified atom stereocenters. The summed E-state index contributed by atoms with van der Waals surface area (Å²) in [4.78, 5) is 14.6. The van der Waals surface area contributed by atoms with Gasteiger partial charge in [-0.3, -0.25) is 15.1 Å². The fraction of sp³-hybridized carbons (Fsp3) is 0.400. The molecule has 0 aliphatic carbocycles. The Kier molecular flexibility index (Phi) is 5.05. The van der Waals surface area contributed by atoms with Crippen LogP contribution in [0.5, 0.6) is 5.75 Å². The third kappa shape index (κ3) is 3.88. The molecule has 0 fully saturated rings. The minimum atomic E-state index is -0.402. The maximum absolute atomic E-state index is 11.0. The summed E-state index contributed by atoms with van der Waals surface area (Å²) < 4.78 is 5.75. The molecule has 1 aromatic heterocycles. The summed E-state index contributed by atoms with van der Waals surface area (Å²) >= 11 is 0. The number of ether oxygens (including phenoxy) is 1. The smallest absolute Gasteiger partial charge is 0.279 e. The molecule has 6 heteroatoms. The van der Waals surface area contributed by atoms with Crippen LogP contribution < -0.4 is 10.1 Å². The molecule has 1 N–H and O–H groups in total. The van der Waals surface area contributed by atoms with Gasteiger partial charge < -0.3 is 10.1 Å². The number of nitrogens with one attached hydrogen (secondary N) is 1. The summed E-state index contributed by atoms with van der Waals surface area (Å²) in [7, 11) is 0. The summed E-state index contributed by atoms with van der Waals surface area (Å²) in [6, 6.07) is 5.31. The normalized spacial score (nSPS) is 11.0. The molecule has 2 rings (SSSR count). The average Bonchev–Trinajstić information content (AvgIpc) is 2.46. The topological polar surface area (TPSA) is 77.3 Å². The van der Waals surface area contributed by atoms with Crippen molar-refractivity contribution in [2.24, 2.45) is 0 Å². The highest BCUT2D eigenvalue weighted by Crippen LogP contribution is 2.32. The summed E-state index contributed by atoms with van der Waals surface area (Å²) in [5, 5.41) is 15.6. The SMILES string of the molecule is CC(C)NCCCOc1ccc([N+](=O)[O-])c2cnccc12. The van der Waals surface area contributed by atoms with Crippen LogP contribution in [0.3, 0.4) is 0 Å². The van der Waals surface area contributed by atoms with Gasteiger partial charge in [0.05, 0.1) is 16.9 Å². The van der Waals surface area contributed by atoms with E-state index >= 15 is 0 Å². The molecule has 0 saturated carbocycles. The molecule has 0 amide bonds.